The van der Waals surface area contributed by atoms with Crippen LogP contribution in [0.15, 0.2) is 42.5 Å². The van der Waals surface area contributed by atoms with Gasteiger partial charge in [-0.05, 0) is 36.1 Å². The number of ether oxygens (including phenoxy) is 2. The van der Waals surface area contributed by atoms with Gasteiger partial charge in [-0.3, -0.25) is 9.59 Å². The Hall–Kier alpha value is -3.23. The van der Waals surface area contributed by atoms with Crippen LogP contribution in [0.1, 0.15) is 35.3 Å². The van der Waals surface area contributed by atoms with Crippen molar-refractivity contribution < 1.29 is 32.2 Å². The van der Waals surface area contributed by atoms with Crippen molar-refractivity contribution in [2.45, 2.75) is 32.5 Å². The molecule has 32 heavy (non-hydrogen) atoms. The molecule has 2 aromatic rings. The molecule has 2 N–H and O–H groups in total. The normalized spacial score (nSPS) is 12.2. The standard InChI is InChI=1S/C23H27F3N2O4/c1-14(2)20(28-21(29)16-11-17(31-3)13-18(12-16)32-4)22(30)27-10-9-15-7-5-6-8-19(15)23(24,25)26/h5-8,11-14,20H,9-10H2,1-4H3,(H,27,30)(H,28,29). The summed E-state index contributed by atoms with van der Waals surface area (Å²) in [7, 11) is 2.91. The molecule has 0 saturated carbocycles. The van der Waals surface area contributed by atoms with Gasteiger partial charge < -0.3 is 20.1 Å². The molecule has 0 aliphatic rings. The van der Waals surface area contributed by atoms with E-state index in [0.717, 1.165) is 6.07 Å². The second-order valence-corrected chi connectivity index (χ2v) is 7.49. The largest absolute Gasteiger partial charge is 0.497 e. The van der Waals surface area contributed by atoms with Gasteiger partial charge in [-0.2, -0.15) is 13.2 Å². The lowest BCUT2D eigenvalue weighted by molar-refractivity contribution is -0.138. The quantitative estimate of drug-likeness (QED) is 0.606. The summed E-state index contributed by atoms with van der Waals surface area (Å²) in [6.45, 7) is 3.52. The van der Waals surface area contributed by atoms with Gasteiger partial charge in [0.2, 0.25) is 5.91 Å². The van der Waals surface area contributed by atoms with Gasteiger partial charge in [0.15, 0.2) is 0 Å². The van der Waals surface area contributed by atoms with E-state index in [4.69, 9.17) is 9.47 Å². The van der Waals surface area contributed by atoms with Gasteiger partial charge in [-0.1, -0.05) is 32.0 Å². The van der Waals surface area contributed by atoms with Gasteiger partial charge in [0.05, 0.1) is 19.8 Å². The first kappa shape index (κ1) is 25.0. The van der Waals surface area contributed by atoms with Crippen LogP contribution >= 0.6 is 0 Å². The number of carbonyl (C=O) groups excluding carboxylic acids is 2. The molecule has 0 bridgehead atoms. The highest BCUT2D eigenvalue weighted by Gasteiger charge is 2.32. The number of hydrogen-bond acceptors (Lipinski definition) is 4. The highest BCUT2D eigenvalue weighted by atomic mass is 19.4. The smallest absolute Gasteiger partial charge is 0.416 e. The summed E-state index contributed by atoms with van der Waals surface area (Å²) in [5.41, 5.74) is -0.386. The minimum atomic E-state index is -4.47. The fraction of sp³-hybridized carbons (Fsp3) is 0.391. The monoisotopic (exact) mass is 452 g/mol. The van der Waals surface area contributed by atoms with E-state index in [9.17, 15) is 22.8 Å². The number of amides is 2. The van der Waals surface area contributed by atoms with E-state index in [-0.39, 0.29) is 30.0 Å². The van der Waals surface area contributed by atoms with Gasteiger partial charge in [0, 0.05) is 18.2 Å². The zero-order valence-electron chi connectivity index (χ0n) is 18.4. The highest BCUT2D eigenvalue weighted by molar-refractivity contribution is 5.98. The Morgan fingerprint density at radius 1 is 1.00 bits per heavy atom. The minimum absolute atomic E-state index is 0.00198. The first-order valence-corrected chi connectivity index (χ1v) is 10.0. The average Bonchev–Trinajstić information content (AvgIpc) is 2.76. The molecular weight excluding hydrogens is 425 g/mol. The predicted octanol–water partition coefficient (Wildman–Crippen LogP) is 3.84. The molecule has 0 radical (unpaired) electrons. The third kappa shape index (κ3) is 6.63. The van der Waals surface area contributed by atoms with Crippen molar-refractivity contribution >= 4 is 11.8 Å². The number of carbonyl (C=O) groups is 2. The lowest BCUT2D eigenvalue weighted by Crippen LogP contribution is -2.50. The van der Waals surface area contributed by atoms with Crippen LogP contribution in [0.3, 0.4) is 0 Å². The number of rotatable bonds is 9. The fourth-order valence-corrected chi connectivity index (χ4v) is 3.14. The second kappa shape index (κ2) is 10.9. The lowest BCUT2D eigenvalue weighted by Gasteiger charge is -2.22. The van der Waals surface area contributed by atoms with Crippen LogP contribution in [-0.2, 0) is 17.4 Å². The highest BCUT2D eigenvalue weighted by Crippen LogP contribution is 2.31. The predicted molar refractivity (Wildman–Crippen MR) is 114 cm³/mol. The number of methoxy groups -OCH3 is 2. The number of hydrogen-bond donors (Lipinski definition) is 2. The third-order valence-corrected chi connectivity index (χ3v) is 4.87. The molecule has 0 heterocycles. The summed E-state index contributed by atoms with van der Waals surface area (Å²) in [5, 5.41) is 5.30. The van der Waals surface area contributed by atoms with Gasteiger partial charge in [-0.15, -0.1) is 0 Å². The van der Waals surface area contributed by atoms with E-state index in [1.54, 1.807) is 19.9 Å². The Morgan fingerprint density at radius 2 is 1.59 bits per heavy atom. The molecule has 0 saturated heterocycles. The maximum absolute atomic E-state index is 13.1. The topological polar surface area (TPSA) is 76.7 Å². The summed E-state index contributed by atoms with van der Waals surface area (Å²) in [6, 6.07) is 9.00. The molecule has 6 nitrogen and oxygen atoms in total. The van der Waals surface area contributed by atoms with Crippen LogP contribution < -0.4 is 20.1 Å². The third-order valence-electron chi connectivity index (χ3n) is 4.87. The van der Waals surface area contributed by atoms with Crippen LogP contribution in [0.25, 0.3) is 0 Å². The van der Waals surface area contributed by atoms with Crippen LogP contribution in [-0.4, -0.2) is 38.6 Å². The van der Waals surface area contributed by atoms with Crippen molar-refractivity contribution in [1.29, 1.82) is 0 Å². The fourth-order valence-electron chi connectivity index (χ4n) is 3.14. The first-order chi connectivity index (χ1) is 15.1. The molecule has 1 unspecified atom stereocenters. The maximum atomic E-state index is 13.1. The second-order valence-electron chi connectivity index (χ2n) is 7.49. The number of nitrogens with one attached hydrogen (secondary N) is 2. The Kier molecular flexibility index (Phi) is 8.51. The SMILES string of the molecule is COc1cc(OC)cc(C(=O)NC(C(=O)NCCc2ccccc2C(F)(F)F)C(C)C)c1. The van der Waals surface area contributed by atoms with Crippen molar-refractivity contribution in [3.05, 3.63) is 59.2 Å². The van der Waals surface area contributed by atoms with E-state index in [1.807, 2.05) is 0 Å². The summed E-state index contributed by atoms with van der Waals surface area (Å²) in [6.07, 6.45) is -4.46. The van der Waals surface area contributed by atoms with Crippen molar-refractivity contribution in [3.63, 3.8) is 0 Å². The lowest BCUT2D eigenvalue weighted by atomic mass is 10.0. The van der Waals surface area contributed by atoms with Crippen molar-refractivity contribution in [3.8, 4) is 11.5 Å². The molecule has 0 spiro atoms. The van der Waals surface area contributed by atoms with E-state index >= 15 is 0 Å². The van der Waals surface area contributed by atoms with Gasteiger partial charge in [0.25, 0.3) is 5.91 Å². The van der Waals surface area contributed by atoms with Gasteiger partial charge >= 0.3 is 6.18 Å². The van der Waals surface area contributed by atoms with Crippen molar-refractivity contribution in [2.24, 2.45) is 5.92 Å². The molecule has 2 rings (SSSR count). The van der Waals surface area contributed by atoms with Crippen LogP contribution in [0, 0.1) is 5.92 Å². The molecule has 1 atom stereocenters. The maximum Gasteiger partial charge on any atom is 0.416 e. The van der Waals surface area contributed by atoms with E-state index < -0.39 is 29.6 Å². The Bertz CT molecular complexity index is 923. The molecule has 9 heteroatoms. The molecular formula is C23H27F3N2O4. The first-order valence-electron chi connectivity index (χ1n) is 10.0. The molecule has 0 fully saturated rings. The summed E-state index contributed by atoms with van der Waals surface area (Å²) >= 11 is 0. The molecule has 0 aliphatic carbocycles. The number of alkyl halides is 3. The average molecular weight is 452 g/mol. The van der Waals surface area contributed by atoms with E-state index in [1.165, 1.54) is 44.6 Å². The van der Waals surface area contributed by atoms with Crippen molar-refractivity contribution in [2.75, 3.05) is 20.8 Å². The van der Waals surface area contributed by atoms with Gasteiger partial charge in [0.1, 0.15) is 17.5 Å². The molecule has 2 amide bonds. The number of benzene rings is 2. The Labute approximate surface area is 185 Å². The number of halogens is 3. The Morgan fingerprint density at radius 3 is 2.12 bits per heavy atom. The van der Waals surface area contributed by atoms with E-state index in [0.29, 0.717) is 11.5 Å². The van der Waals surface area contributed by atoms with Crippen LogP contribution in [0.5, 0.6) is 11.5 Å². The molecule has 0 aliphatic heterocycles. The molecule has 2 aromatic carbocycles. The van der Waals surface area contributed by atoms with Gasteiger partial charge in [-0.25, -0.2) is 0 Å². The minimum Gasteiger partial charge on any atom is -0.497 e. The summed E-state index contributed by atoms with van der Waals surface area (Å²) < 4.78 is 49.7. The zero-order valence-corrected chi connectivity index (χ0v) is 18.4. The van der Waals surface area contributed by atoms with Crippen LogP contribution in [0.4, 0.5) is 13.2 Å². The van der Waals surface area contributed by atoms with Crippen LogP contribution in [0.2, 0.25) is 0 Å². The summed E-state index contributed by atoms with van der Waals surface area (Å²) in [5.74, 6) is -0.396. The molecule has 174 valence electrons. The summed E-state index contributed by atoms with van der Waals surface area (Å²) in [4.78, 5) is 25.4. The zero-order chi connectivity index (χ0) is 23.9. The Balaban J connectivity index is 2.06. The van der Waals surface area contributed by atoms with Crippen molar-refractivity contribution in [1.82, 2.24) is 10.6 Å². The van der Waals surface area contributed by atoms with E-state index in [2.05, 4.69) is 10.6 Å². The molecule has 0 aromatic heterocycles.